The summed E-state index contributed by atoms with van der Waals surface area (Å²) in [6.45, 7) is 0. The zero-order chi connectivity index (χ0) is 12.5. The Labute approximate surface area is 112 Å². The molecule has 1 unspecified atom stereocenters. The van der Waals surface area contributed by atoms with E-state index in [9.17, 15) is 14.3 Å². The Kier molecular flexibility index (Phi) is 3.78. The lowest BCUT2D eigenvalue weighted by molar-refractivity contribution is -0.139. The van der Waals surface area contributed by atoms with Gasteiger partial charge in [-0.25, -0.2) is 4.39 Å². The van der Waals surface area contributed by atoms with E-state index in [-0.39, 0.29) is 12.2 Å². The summed E-state index contributed by atoms with van der Waals surface area (Å²) in [5, 5.41) is 9.32. The molecule has 1 aromatic carbocycles. The molecule has 2 rings (SSSR count). The third kappa shape index (κ3) is 2.65. The van der Waals surface area contributed by atoms with Crippen LogP contribution in [0.25, 0.3) is 0 Å². The summed E-state index contributed by atoms with van der Waals surface area (Å²) in [5.74, 6) is -0.334. The van der Waals surface area contributed by atoms with Crippen molar-refractivity contribution in [2.75, 3.05) is 5.75 Å². The van der Waals surface area contributed by atoms with Gasteiger partial charge < -0.3 is 5.11 Å². The van der Waals surface area contributed by atoms with Crippen molar-refractivity contribution in [1.82, 2.24) is 0 Å². The molecule has 1 N–H and O–H groups in total. The Hall–Kier alpha value is -0.550. The van der Waals surface area contributed by atoms with Crippen LogP contribution in [0.15, 0.2) is 22.7 Å². The maximum atomic E-state index is 13.7. The van der Waals surface area contributed by atoms with Crippen LogP contribution < -0.4 is 0 Å². The van der Waals surface area contributed by atoms with Gasteiger partial charge in [-0.1, -0.05) is 22.0 Å². The van der Waals surface area contributed by atoms with Crippen LogP contribution >= 0.6 is 27.7 Å². The third-order valence-electron chi connectivity index (χ3n) is 2.98. The van der Waals surface area contributed by atoms with Gasteiger partial charge in [-0.15, -0.1) is 11.8 Å². The molecular weight excluding hydrogens is 307 g/mol. The lowest BCUT2D eigenvalue weighted by Crippen LogP contribution is -2.35. The highest BCUT2D eigenvalue weighted by molar-refractivity contribution is 9.10. The average Bonchev–Trinajstić information content (AvgIpc) is 2.72. The lowest BCUT2D eigenvalue weighted by atomic mass is 9.94. The molecule has 1 fully saturated rings. The van der Waals surface area contributed by atoms with E-state index in [0.29, 0.717) is 16.5 Å². The molecule has 0 spiro atoms. The molecule has 0 radical (unpaired) electrons. The highest BCUT2D eigenvalue weighted by atomic mass is 79.9. The van der Waals surface area contributed by atoms with E-state index >= 15 is 0 Å². The first-order valence-corrected chi connectivity index (χ1v) is 7.13. The number of carboxylic acid groups (broad SMARTS) is 1. The summed E-state index contributed by atoms with van der Waals surface area (Å²) in [6, 6.07) is 4.78. The van der Waals surface area contributed by atoms with Crippen LogP contribution in [-0.4, -0.2) is 21.6 Å². The molecule has 0 amide bonds. The normalized spacial score (nSPS) is 23.9. The largest absolute Gasteiger partial charge is 0.480 e. The van der Waals surface area contributed by atoms with E-state index in [1.165, 1.54) is 17.8 Å². The van der Waals surface area contributed by atoms with E-state index in [4.69, 9.17) is 0 Å². The van der Waals surface area contributed by atoms with E-state index in [1.807, 2.05) is 0 Å². The summed E-state index contributed by atoms with van der Waals surface area (Å²) in [4.78, 5) is 11.4. The Morgan fingerprint density at radius 1 is 1.59 bits per heavy atom. The molecule has 1 aliphatic heterocycles. The zero-order valence-corrected chi connectivity index (χ0v) is 11.5. The molecule has 0 aromatic heterocycles. The summed E-state index contributed by atoms with van der Waals surface area (Å²) >= 11 is 4.62. The maximum Gasteiger partial charge on any atom is 0.320 e. The van der Waals surface area contributed by atoms with Crippen molar-refractivity contribution in [2.24, 2.45) is 0 Å². The van der Waals surface area contributed by atoms with Gasteiger partial charge in [-0.05, 0) is 36.3 Å². The van der Waals surface area contributed by atoms with Gasteiger partial charge in [0.1, 0.15) is 10.6 Å². The molecule has 0 bridgehead atoms. The highest BCUT2D eigenvalue weighted by Crippen LogP contribution is 2.41. The van der Waals surface area contributed by atoms with Gasteiger partial charge in [-0.3, -0.25) is 4.79 Å². The van der Waals surface area contributed by atoms with Gasteiger partial charge in [0.25, 0.3) is 0 Å². The van der Waals surface area contributed by atoms with Gasteiger partial charge in [-0.2, -0.15) is 0 Å². The molecule has 5 heteroatoms. The fraction of sp³-hybridized carbons (Fsp3) is 0.417. The van der Waals surface area contributed by atoms with E-state index in [2.05, 4.69) is 15.9 Å². The molecule has 2 nitrogen and oxygen atoms in total. The second-order valence-corrected chi connectivity index (χ2v) is 6.56. The van der Waals surface area contributed by atoms with Gasteiger partial charge in [0.2, 0.25) is 0 Å². The van der Waals surface area contributed by atoms with Crippen LogP contribution in [0.4, 0.5) is 4.39 Å². The lowest BCUT2D eigenvalue weighted by Gasteiger charge is -2.23. The van der Waals surface area contributed by atoms with E-state index < -0.39 is 10.7 Å². The number of carbonyl (C=O) groups is 1. The molecule has 17 heavy (non-hydrogen) atoms. The minimum atomic E-state index is -0.839. The third-order valence-corrected chi connectivity index (χ3v) is 5.05. The maximum absolute atomic E-state index is 13.7. The van der Waals surface area contributed by atoms with Crippen molar-refractivity contribution in [3.05, 3.63) is 34.1 Å². The van der Waals surface area contributed by atoms with Crippen molar-refractivity contribution >= 4 is 33.7 Å². The predicted molar refractivity (Wildman–Crippen MR) is 69.9 cm³/mol. The molecule has 92 valence electrons. The molecule has 1 saturated heterocycles. The first-order valence-electron chi connectivity index (χ1n) is 5.35. The standard InChI is InChI=1S/C12H12BrFO2S/c13-9-3-2-8(10(14)6-9)7-12(11(15)16)4-1-5-17-12/h2-3,6H,1,4-5,7H2,(H,15,16). The van der Waals surface area contributed by atoms with Crippen LogP contribution in [0.2, 0.25) is 0 Å². The molecule has 0 aliphatic carbocycles. The first kappa shape index (κ1) is 12.9. The van der Waals surface area contributed by atoms with Gasteiger partial charge >= 0.3 is 5.97 Å². The van der Waals surface area contributed by atoms with Crippen molar-refractivity contribution in [2.45, 2.75) is 24.0 Å². The summed E-state index contributed by atoms with van der Waals surface area (Å²) in [5.41, 5.74) is 0.477. The number of hydrogen-bond donors (Lipinski definition) is 1. The molecular formula is C12H12BrFO2S. The van der Waals surface area contributed by atoms with Crippen LogP contribution in [-0.2, 0) is 11.2 Å². The SMILES string of the molecule is O=C(O)C1(Cc2ccc(Br)cc2F)CCCS1. The number of thioether (sulfide) groups is 1. The predicted octanol–water partition coefficient (Wildman–Crippen LogP) is 3.48. The summed E-state index contributed by atoms with van der Waals surface area (Å²) < 4.78 is 13.5. The quantitative estimate of drug-likeness (QED) is 0.927. The Morgan fingerprint density at radius 2 is 2.35 bits per heavy atom. The van der Waals surface area contributed by atoms with Crippen LogP contribution in [0.1, 0.15) is 18.4 Å². The minimum absolute atomic E-state index is 0.256. The second-order valence-electron chi connectivity index (χ2n) is 4.16. The Bertz CT molecular complexity index is 444. The van der Waals surface area contributed by atoms with Crippen LogP contribution in [0.5, 0.6) is 0 Å². The Balaban J connectivity index is 2.26. The highest BCUT2D eigenvalue weighted by Gasteiger charge is 2.42. The fourth-order valence-corrected chi connectivity index (χ4v) is 3.74. The number of carboxylic acids is 1. The minimum Gasteiger partial charge on any atom is -0.480 e. The summed E-state index contributed by atoms with van der Waals surface area (Å²) in [6.07, 6.45) is 1.75. The molecule has 1 heterocycles. The number of halogens is 2. The number of rotatable bonds is 3. The molecule has 1 aliphatic rings. The van der Waals surface area contributed by atoms with Crippen LogP contribution in [0, 0.1) is 5.82 Å². The van der Waals surface area contributed by atoms with Crippen molar-refractivity contribution < 1.29 is 14.3 Å². The molecule has 1 aromatic rings. The smallest absolute Gasteiger partial charge is 0.320 e. The first-order chi connectivity index (χ1) is 8.03. The number of benzene rings is 1. The van der Waals surface area contributed by atoms with Crippen molar-refractivity contribution in [1.29, 1.82) is 0 Å². The molecule has 1 atom stereocenters. The van der Waals surface area contributed by atoms with E-state index in [1.54, 1.807) is 12.1 Å². The van der Waals surface area contributed by atoms with Crippen molar-refractivity contribution in [3.63, 3.8) is 0 Å². The topological polar surface area (TPSA) is 37.3 Å². The number of hydrogen-bond acceptors (Lipinski definition) is 2. The zero-order valence-electron chi connectivity index (χ0n) is 9.08. The van der Waals surface area contributed by atoms with Gasteiger partial charge in [0.15, 0.2) is 0 Å². The second kappa shape index (κ2) is 4.98. The van der Waals surface area contributed by atoms with Crippen LogP contribution in [0.3, 0.4) is 0 Å². The Morgan fingerprint density at radius 3 is 2.88 bits per heavy atom. The fourth-order valence-electron chi connectivity index (χ4n) is 2.05. The van der Waals surface area contributed by atoms with E-state index in [0.717, 1.165) is 12.2 Å². The number of aliphatic carboxylic acids is 1. The molecule has 0 saturated carbocycles. The average molecular weight is 319 g/mol. The summed E-state index contributed by atoms with van der Waals surface area (Å²) in [7, 11) is 0. The monoisotopic (exact) mass is 318 g/mol. The van der Waals surface area contributed by atoms with Gasteiger partial charge in [0.05, 0.1) is 0 Å². The van der Waals surface area contributed by atoms with Gasteiger partial charge in [0, 0.05) is 10.9 Å². The van der Waals surface area contributed by atoms with Crippen molar-refractivity contribution in [3.8, 4) is 0 Å².